The maximum Gasteiger partial charge on any atom is 0.157 e. The Labute approximate surface area is 134 Å². The normalized spacial score (nSPS) is 13.1. The van der Waals surface area contributed by atoms with Crippen LogP contribution in [0.5, 0.6) is 0 Å². The minimum atomic E-state index is -3.71. The SMILES string of the molecule is Cc1ccc(C(O)CS(=O)(=O)Cc2c(F)cccc2Cl)cc1. The van der Waals surface area contributed by atoms with Gasteiger partial charge in [-0.1, -0.05) is 47.5 Å². The first kappa shape index (κ1) is 16.9. The van der Waals surface area contributed by atoms with Gasteiger partial charge in [-0.05, 0) is 24.6 Å². The Hall–Kier alpha value is -1.43. The third kappa shape index (κ3) is 4.29. The molecule has 0 radical (unpaired) electrons. The molecule has 1 unspecified atom stereocenters. The van der Waals surface area contributed by atoms with Gasteiger partial charge in [0.1, 0.15) is 5.82 Å². The summed E-state index contributed by atoms with van der Waals surface area (Å²) in [7, 11) is -3.71. The van der Waals surface area contributed by atoms with E-state index in [0.29, 0.717) is 5.56 Å². The molecule has 0 amide bonds. The Balaban J connectivity index is 2.16. The van der Waals surface area contributed by atoms with Gasteiger partial charge in [-0.25, -0.2) is 12.8 Å². The number of benzene rings is 2. The summed E-state index contributed by atoms with van der Waals surface area (Å²) in [6.07, 6.45) is -1.16. The molecule has 0 aliphatic carbocycles. The summed E-state index contributed by atoms with van der Waals surface area (Å²) in [5.74, 6) is -1.69. The molecular formula is C16H16ClFO3S. The quantitative estimate of drug-likeness (QED) is 0.905. The summed E-state index contributed by atoms with van der Waals surface area (Å²) in [5.41, 5.74) is 1.45. The zero-order chi connectivity index (χ0) is 16.3. The van der Waals surface area contributed by atoms with Gasteiger partial charge in [0.2, 0.25) is 0 Å². The van der Waals surface area contributed by atoms with Crippen molar-refractivity contribution in [2.45, 2.75) is 18.8 Å². The van der Waals surface area contributed by atoms with Crippen LogP contribution in [0.1, 0.15) is 22.8 Å². The van der Waals surface area contributed by atoms with Crippen LogP contribution in [0.2, 0.25) is 5.02 Å². The van der Waals surface area contributed by atoms with Crippen molar-refractivity contribution in [2.24, 2.45) is 0 Å². The van der Waals surface area contributed by atoms with Crippen LogP contribution in [0, 0.1) is 12.7 Å². The van der Waals surface area contributed by atoms with E-state index in [2.05, 4.69) is 0 Å². The molecule has 6 heteroatoms. The van der Waals surface area contributed by atoms with E-state index in [9.17, 15) is 17.9 Å². The molecule has 0 aromatic heterocycles. The summed E-state index contributed by atoms with van der Waals surface area (Å²) in [4.78, 5) is 0. The van der Waals surface area contributed by atoms with E-state index in [1.165, 1.54) is 12.1 Å². The van der Waals surface area contributed by atoms with Gasteiger partial charge in [0, 0.05) is 10.6 Å². The van der Waals surface area contributed by atoms with E-state index in [1.807, 2.05) is 6.92 Å². The first-order valence-electron chi connectivity index (χ1n) is 6.66. The molecule has 22 heavy (non-hydrogen) atoms. The largest absolute Gasteiger partial charge is 0.387 e. The minimum Gasteiger partial charge on any atom is -0.387 e. The van der Waals surface area contributed by atoms with E-state index in [-0.39, 0.29) is 10.6 Å². The zero-order valence-corrected chi connectivity index (χ0v) is 13.5. The van der Waals surface area contributed by atoms with Gasteiger partial charge >= 0.3 is 0 Å². The van der Waals surface area contributed by atoms with Crippen LogP contribution in [0.4, 0.5) is 4.39 Å². The summed E-state index contributed by atoms with van der Waals surface area (Å²) in [5, 5.41) is 10.1. The monoisotopic (exact) mass is 342 g/mol. The minimum absolute atomic E-state index is 0.0633. The Morgan fingerprint density at radius 1 is 1.18 bits per heavy atom. The van der Waals surface area contributed by atoms with Gasteiger partial charge in [-0.2, -0.15) is 0 Å². The van der Waals surface area contributed by atoms with E-state index < -0.39 is 33.3 Å². The highest BCUT2D eigenvalue weighted by atomic mass is 35.5. The summed E-state index contributed by atoms with van der Waals surface area (Å²) in [6.45, 7) is 1.90. The van der Waals surface area contributed by atoms with Crippen molar-refractivity contribution in [1.82, 2.24) is 0 Å². The summed E-state index contributed by atoms with van der Waals surface area (Å²) < 4.78 is 38.0. The molecule has 3 nitrogen and oxygen atoms in total. The van der Waals surface area contributed by atoms with E-state index >= 15 is 0 Å². The van der Waals surface area contributed by atoms with Crippen molar-refractivity contribution in [3.05, 3.63) is 70.0 Å². The molecule has 1 atom stereocenters. The Kier molecular flexibility index (Phi) is 5.21. The standard InChI is InChI=1S/C16H16ClFO3S/c1-11-5-7-12(8-6-11)16(19)10-22(20,21)9-13-14(17)3-2-4-15(13)18/h2-8,16,19H,9-10H2,1H3. The molecule has 0 heterocycles. The van der Waals surface area contributed by atoms with Crippen molar-refractivity contribution in [2.75, 3.05) is 5.75 Å². The highest BCUT2D eigenvalue weighted by molar-refractivity contribution is 7.90. The van der Waals surface area contributed by atoms with Gasteiger partial charge in [0.05, 0.1) is 17.6 Å². The zero-order valence-electron chi connectivity index (χ0n) is 12.0. The second-order valence-electron chi connectivity index (χ2n) is 5.18. The predicted octanol–water partition coefficient (Wildman–Crippen LogP) is 3.44. The van der Waals surface area contributed by atoms with E-state index in [4.69, 9.17) is 11.6 Å². The lowest BCUT2D eigenvalue weighted by Gasteiger charge is -2.13. The molecule has 2 aromatic carbocycles. The molecule has 118 valence electrons. The lowest BCUT2D eigenvalue weighted by atomic mass is 10.1. The number of aliphatic hydroxyl groups is 1. The van der Waals surface area contributed by atoms with Gasteiger partial charge < -0.3 is 5.11 Å². The average molecular weight is 343 g/mol. The number of aryl methyl sites for hydroxylation is 1. The number of halogens is 2. The molecule has 1 N–H and O–H groups in total. The lowest BCUT2D eigenvalue weighted by Crippen LogP contribution is -2.17. The first-order valence-corrected chi connectivity index (χ1v) is 8.86. The Bertz CT molecular complexity index is 737. The lowest BCUT2D eigenvalue weighted by molar-refractivity contribution is 0.201. The summed E-state index contributed by atoms with van der Waals surface area (Å²) >= 11 is 5.84. The summed E-state index contributed by atoms with van der Waals surface area (Å²) in [6, 6.07) is 10.9. The Morgan fingerprint density at radius 3 is 2.41 bits per heavy atom. The van der Waals surface area contributed by atoms with Crippen LogP contribution in [0.25, 0.3) is 0 Å². The molecule has 0 aliphatic heterocycles. The third-order valence-electron chi connectivity index (χ3n) is 3.30. The molecule has 0 fully saturated rings. The van der Waals surface area contributed by atoms with Crippen LogP contribution in [0.15, 0.2) is 42.5 Å². The van der Waals surface area contributed by atoms with Gasteiger partial charge in [0.15, 0.2) is 9.84 Å². The van der Waals surface area contributed by atoms with Crippen molar-refractivity contribution < 1.29 is 17.9 Å². The topological polar surface area (TPSA) is 54.4 Å². The number of hydrogen-bond donors (Lipinski definition) is 1. The molecule has 2 rings (SSSR count). The maximum atomic E-state index is 13.7. The smallest absolute Gasteiger partial charge is 0.157 e. The van der Waals surface area contributed by atoms with Gasteiger partial charge in [0.25, 0.3) is 0 Å². The third-order valence-corrected chi connectivity index (χ3v) is 5.21. The molecule has 0 aliphatic rings. The van der Waals surface area contributed by atoms with Crippen LogP contribution in [0.3, 0.4) is 0 Å². The highest BCUT2D eigenvalue weighted by Crippen LogP contribution is 2.24. The maximum absolute atomic E-state index is 13.7. The van der Waals surface area contributed by atoms with Gasteiger partial charge in [-0.3, -0.25) is 0 Å². The average Bonchev–Trinajstić information content (AvgIpc) is 2.43. The van der Waals surface area contributed by atoms with E-state index in [0.717, 1.165) is 11.6 Å². The van der Waals surface area contributed by atoms with Crippen molar-refractivity contribution in [1.29, 1.82) is 0 Å². The number of sulfone groups is 1. The predicted molar refractivity (Wildman–Crippen MR) is 85.0 cm³/mol. The van der Waals surface area contributed by atoms with Crippen molar-refractivity contribution in [3.8, 4) is 0 Å². The number of hydrogen-bond acceptors (Lipinski definition) is 3. The molecule has 0 saturated carbocycles. The van der Waals surface area contributed by atoms with Crippen LogP contribution >= 0.6 is 11.6 Å². The van der Waals surface area contributed by atoms with Crippen molar-refractivity contribution in [3.63, 3.8) is 0 Å². The molecule has 0 saturated heterocycles. The van der Waals surface area contributed by atoms with Crippen LogP contribution in [-0.2, 0) is 15.6 Å². The molecular weight excluding hydrogens is 327 g/mol. The fourth-order valence-corrected chi connectivity index (χ4v) is 3.91. The first-order chi connectivity index (χ1) is 10.3. The highest BCUT2D eigenvalue weighted by Gasteiger charge is 2.22. The van der Waals surface area contributed by atoms with Crippen molar-refractivity contribution >= 4 is 21.4 Å². The molecule has 2 aromatic rings. The van der Waals surface area contributed by atoms with Gasteiger partial charge in [-0.15, -0.1) is 0 Å². The van der Waals surface area contributed by atoms with E-state index in [1.54, 1.807) is 24.3 Å². The number of aliphatic hydroxyl groups excluding tert-OH is 1. The van der Waals surface area contributed by atoms with Crippen LogP contribution in [-0.4, -0.2) is 19.3 Å². The fraction of sp³-hybridized carbons (Fsp3) is 0.250. The molecule has 0 spiro atoms. The second-order valence-corrected chi connectivity index (χ2v) is 7.70. The fourth-order valence-electron chi connectivity index (χ4n) is 2.07. The second kappa shape index (κ2) is 6.77. The van der Waals surface area contributed by atoms with Crippen LogP contribution < -0.4 is 0 Å². The number of rotatable bonds is 5. The molecule has 0 bridgehead atoms. The Morgan fingerprint density at radius 2 is 1.82 bits per heavy atom.